The van der Waals surface area contributed by atoms with Crippen molar-refractivity contribution >= 4 is 51.1 Å². The largest absolute Gasteiger partial charge is 0.357 e. The van der Waals surface area contributed by atoms with Crippen LogP contribution >= 0.6 is 11.3 Å². The van der Waals surface area contributed by atoms with Crippen molar-refractivity contribution in [3.63, 3.8) is 0 Å². The lowest BCUT2D eigenvalue weighted by atomic mass is 10.1. The van der Waals surface area contributed by atoms with Gasteiger partial charge in [0.05, 0.1) is 28.9 Å². The van der Waals surface area contributed by atoms with Crippen LogP contribution in [0.2, 0.25) is 0 Å². The van der Waals surface area contributed by atoms with Crippen LogP contribution in [0.5, 0.6) is 0 Å². The highest BCUT2D eigenvalue weighted by molar-refractivity contribution is 7.12. The Labute approximate surface area is 217 Å². The summed E-state index contributed by atoms with van der Waals surface area (Å²) >= 11 is 1.41. The SMILES string of the molecule is O=C(Nc1ccc2c(cnn2-c2ccc(NC(=O)c3cccs3)cc2)c1)c1ccc(N2CCNC2)cc1. The van der Waals surface area contributed by atoms with Crippen LogP contribution in [0.4, 0.5) is 17.1 Å². The Morgan fingerprint density at radius 3 is 2.35 bits per heavy atom. The highest BCUT2D eigenvalue weighted by Gasteiger charge is 2.14. The van der Waals surface area contributed by atoms with E-state index < -0.39 is 0 Å². The lowest BCUT2D eigenvalue weighted by molar-refractivity contribution is 0.102. The summed E-state index contributed by atoms with van der Waals surface area (Å²) in [5.74, 6) is -0.278. The van der Waals surface area contributed by atoms with E-state index in [4.69, 9.17) is 0 Å². The van der Waals surface area contributed by atoms with Gasteiger partial charge in [-0.25, -0.2) is 4.68 Å². The van der Waals surface area contributed by atoms with E-state index in [1.54, 1.807) is 12.3 Å². The van der Waals surface area contributed by atoms with E-state index in [-0.39, 0.29) is 11.8 Å². The molecule has 5 aromatic rings. The second-order valence-electron chi connectivity index (χ2n) is 8.73. The molecule has 0 spiro atoms. The number of nitrogens with zero attached hydrogens (tertiary/aromatic N) is 3. The summed E-state index contributed by atoms with van der Waals surface area (Å²) in [6, 6.07) is 24.6. The summed E-state index contributed by atoms with van der Waals surface area (Å²) in [5, 5.41) is 16.5. The van der Waals surface area contributed by atoms with Crippen LogP contribution in [0.1, 0.15) is 20.0 Å². The van der Waals surface area contributed by atoms with Crippen LogP contribution < -0.4 is 20.9 Å². The molecule has 0 radical (unpaired) electrons. The first-order valence-electron chi connectivity index (χ1n) is 11.9. The molecule has 0 saturated carbocycles. The summed E-state index contributed by atoms with van der Waals surface area (Å²) in [5.41, 5.74) is 4.92. The molecule has 8 nitrogen and oxygen atoms in total. The number of nitrogens with one attached hydrogen (secondary N) is 3. The van der Waals surface area contributed by atoms with Gasteiger partial charge in [0.2, 0.25) is 0 Å². The Morgan fingerprint density at radius 1 is 0.865 bits per heavy atom. The van der Waals surface area contributed by atoms with Gasteiger partial charge in [-0.3, -0.25) is 14.9 Å². The molecule has 0 aliphatic carbocycles. The molecule has 1 aliphatic rings. The monoisotopic (exact) mass is 508 g/mol. The van der Waals surface area contributed by atoms with Crippen molar-refractivity contribution in [2.24, 2.45) is 0 Å². The predicted molar refractivity (Wildman–Crippen MR) is 148 cm³/mol. The normalized spacial score (nSPS) is 13.1. The molecule has 0 bridgehead atoms. The second kappa shape index (κ2) is 9.88. The fraction of sp³-hybridized carbons (Fsp3) is 0.107. The van der Waals surface area contributed by atoms with Gasteiger partial charge in [-0.1, -0.05) is 6.07 Å². The number of carbonyl (C=O) groups is 2. The summed E-state index contributed by atoms with van der Waals surface area (Å²) in [4.78, 5) is 28.0. The standard InChI is InChI=1S/C28H24N6O2S/c35-27(19-3-8-23(9-4-19)33-14-13-29-18-33)32-22-7-12-25-20(16-22)17-30-34(25)24-10-5-21(6-11-24)31-28(36)26-2-1-15-37-26/h1-12,15-17,29H,13-14,18H2,(H,31,36)(H,32,35). The Morgan fingerprint density at radius 2 is 1.62 bits per heavy atom. The number of anilines is 3. The Balaban J connectivity index is 1.14. The highest BCUT2D eigenvalue weighted by atomic mass is 32.1. The van der Waals surface area contributed by atoms with Gasteiger partial charge in [0.25, 0.3) is 11.8 Å². The van der Waals surface area contributed by atoms with Crippen molar-refractivity contribution in [3.05, 3.63) is 101 Å². The Kier molecular flexibility index (Phi) is 6.13. The summed E-state index contributed by atoms with van der Waals surface area (Å²) in [7, 11) is 0. The number of aromatic nitrogens is 2. The molecule has 0 atom stereocenters. The average Bonchev–Trinajstić information content (AvgIpc) is 3.71. The first-order valence-corrected chi connectivity index (χ1v) is 12.8. The zero-order valence-corrected chi connectivity index (χ0v) is 20.7. The number of carbonyl (C=O) groups excluding carboxylic acids is 2. The number of hydrogen-bond acceptors (Lipinski definition) is 6. The van der Waals surface area contributed by atoms with E-state index in [1.165, 1.54) is 11.3 Å². The van der Waals surface area contributed by atoms with Crippen molar-refractivity contribution in [1.82, 2.24) is 15.1 Å². The van der Waals surface area contributed by atoms with Crippen molar-refractivity contribution in [2.75, 3.05) is 35.3 Å². The van der Waals surface area contributed by atoms with Gasteiger partial charge in [-0.05, 0) is 78.2 Å². The minimum absolute atomic E-state index is 0.123. The summed E-state index contributed by atoms with van der Waals surface area (Å²) < 4.78 is 1.83. The minimum Gasteiger partial charge on any atom is -0.357 e. The van der Waals surface area contributed by atoms with Gasteiger partial charge in [-0.2, -0.15) is 5.10 Å². The Hall–Kier alpha value is -4.47. The number of amides is 2. The summed E-state index contributed by atoms with van der Waals surface area (Å²) in [6.45, 7) is 2.77. The number of thiophene rings is 1. The third-order valence-electron chi connectivity index (χ3n) is 6.30. The van der Waals surface area contributed by atoms with Crippen LogP contribution in [0.3, 0.4) is 0 Å². The molecule has 9 heteroatoms. The van der Waals surface area contributed by atoms with Crippen molar-refractivity contribution in [2.45, 2.75) is 0 Å². The molecule has 1 fully saturated rings. The van der Waals surface area contributed by atoms with Crippen LogP contribution in [0.25, 0.3) is 16.6 Å². The molecule has 3 N–H and O–H groups in total. The van der Waals surface area contributed by atoms with Gasteiger partial charge in [0.1, 0.15) is 0 Å². The molecule has 3 aromatic carbocycles. The lowest BCUT2D eigenvalue weighted by Crippen LogP contribution is -2.21. The first kappa shape index (κ1) is 23.0. The first-order chi connectivity index (χ1) is 18.1. The maximum atomic E-state index is 12.8. The Bertz CT molecular complexity index is 1550. The molecule has 1 aliphatic heterocycles. The van der Waals surface area contributed by atoms with Gasteiger partial charge < -0.3 is 15.5 Å². The van der Waals surface area contributed by atoms with Gasteiger partial charge in [-0.15, -0.1) is 11.3 Å². The van der Waals surface area contributed by atoms with Gasteiger partial charge >= 0.3 is 0 Å². The second-order valence-corrected chi connectivity index (χ2v) is 9.68. The number of hydrogen-bond donors (Lipinski definition) is 3. The molecule has 2 amide bonds. The zero-order valence-electron chi connectivity index (χ0n) is 19.8. The maximum Gasteiger partial charge on any atom is 0.265 e. The molecule has 0 unspecified atom stereocenters. The predicted octanol–water partition coefficient (Wildman–Crippen LogP) is 4.96. The number of fused-ring (bicyclic) bond motifs is 1. The minimum atomic E-state index is -0.155. The average molecular weight is 509 g/mol. The summed E-state index contributed by atoms with van der Waals surface area (Å²) in [6.07, 6.45) is 1.77. The van der Waals surface area contributed by atoms with E-state index in [2.05, 4.69) is 25.9 Å². The van der Waals surface area contributed by atoms with E-state index in [0.717, 1.165) is 42.0 Å². The fourth-order valence-electron chi connectivity index (χ4n) is 4.36. The molecule has 1 saturated heterocycles. The van der Waals surface area contributed by atoms with Crippen molar-refractivity contribution in [3.8, 4) is 5.69 Å². The molecule has 184 valence electrons. The van der Waals surface area contributed by atoms with Crippen LogP contribution in [-0.4, -0.2) is 41.4 Å². The molecule has 3 heterocycles. The highest BCUT2D eigenvalue weighted by Crippen LogP contribution is 2.24. The molecular weight excluding hydrogens is 484 g/mol. The molecular formula is C28H24N6O2S. The number of benzene rings is 3. The molecule has 2 aromatic heterocycles. The van der Waals surface area contributed by atoms with Crippen molar-refractivity contribution in [1.29, 1.82) is 0 Å². The van der Waals surface area contributed by atoms with E-state index in [1.807, 2.05) is 82.9 Å². The molecule has 37 heavy (non-hydrogen) atoms. The fourth-order valence-corrected chi connectivity index (χ4v) is 4.98. The zero-order chi connectivity index (χ0) is 25.2. The van der Waals surface area contributed by atoms with Crippen molar-refractivity contribution < 1.29 is 9.59 Å². The topological polar surface area (TPSA) is 91.3 Å². The van der Waals surface area contributed by atoms with E-state index >= 15 is 0 Å². The third kappa shape index (κ3) is 4.82. The van der Waals surface area contributed by atoms with Crippen LogP contribution in [0, 0.1) is 0 Å². The lowest BCUT2D eigenvalue weighted by Gasteiger charge is -2.16. The van der Waals surface area contributed by atoms with E-state index in [9.17, 15) is 9.59 Å². The maximum absolute atomic E-state index is 12.8. The van der Waals surface area contributed by atoms with Crippen LogP contribution in [-0.2, 0) is 0 Å². The third-order valence-corrected chi connectivity index (χ3v) is 7.17. The van der Waals surface area contributed by atoms with Gasteiger partial charge in [0.15, 0.2) is 0 Å². The van der Waals surface area contributed by atoms with Crippen LogP contribution in [0.15, 0.2) is 90.4 Å². The van der Waals surface area contributed by atoms with E-state index in [0.29, 0.717) is 21.8 Å². The molecule has 6 rings (SSSR count). The number of rotatable bonds is 6. The quantitative estimate of drug-likeness (QED) is 0.302. The van der Waals surface area contributed by atoms with Gasteiger partial charge in [0, 0.05) is 41.1 Å². The smallest absolute Gasteiger partial charge is 0.265 e.